The van der Waals surface area contributed by atoms with Crippen LogP contribution in [0.2, 0.25) is 5.02 Å². The third kappa shape index (κ3) is 5.81. The number of barbiturate groups is 1. The standard InChI is InChI=1S/C26H26ClIN2O5/c1-2-34-22-14-16(13-21(28)23(22)35-15-17-8-6-7-11-20(17)27)12-19-24(31)29-26(33)30(25(19)32)18-9-4-3-5-10-18/h6-8,11-14,18H,2-5,9-10,15H2,1H3,(H,29,31,33). The maximum atomic E-state index is 13.2. The summed E-state index contributed by atoms with van der Waals surface area (Å²) in [6.45, 7) is 2.53. The van der Waals surface area contributed by atoms with Crippen LogP contribution in [0.5, 0.6) is 11.5 Å². The minimum Gasteiger partial charge on any atom is -0.490 e. The van der Waals surface area contributed by atoms with Crippen molar-refractivity contribution in [2.24, 2.45) is 0 Å². The average molecular weight is 609 g/mol. The average Bonchev–Trinajstić information content (AvgIpc) is 2.83. The highest BCUT2D eigenvalue weighted by molar-refractivity contribution is 14.1. The van der Waals surface area contributed by atoms with Gasteiger partial charge in [-0.2, -0.15) is 0 Å². The lowest BCUT2D eigenvalue weighted by molar-refractivity contribution is -0.132. The first kappa shape index (κ1) is 25.5. The van der Waals surface area contributed by atoms with Crippen molar-refractivity contribution in [3.8, 4) is 11.5 Å². The first-order chi connectivity index (χ1) is 16.9. The molecule has 1 heterocycles. The van der Waals surface area contributed by atoms with Gasteiger partial charge >= 0.3 is 6.03 Å². The Morgan fingerprint density at radius 2 is 1.86 bits per heavy atom. The van der Waals surface area contributed by atoms with E-state index in [0.717, 1.165) is 41.2 Å². The summed E-state index contributed by atoms with van der Waals surface area (Å²) in [6.07, 6.45) is 6.02. The van der Waals surface area contributed by atoms with E-state index in [-0.39, 0.29) is 18.2 Å². The molecule has 4 rings (SSSR count). The third-order valence-corrected chi connectivity index (χ3v) is 7.22. The molecule has 2 aliphatic rings. The van der Waals surface area contributed by atoms with Crippen molar-refractivity contribution in [3.63, 3.8) is 0 Å². The Kier molecular flexibility index (Phi) is 8.33. The lowest BCUT2D eigenvalue weighted by Crippen LogP contribution is -2.58. The van der Waals surface area contributed by atoms with Gasteiger partial charge in [-0.1, -0.05) is 49.1 Å². The SMILES string of the molecule is CCOc1cc(C=C2C(=O)NC(=O)N(C3CCCCC3)C2=O)cc(I)c1OCc1ccccc1Cl. The van der Waals surface area contributed by atoms with Gasteiger partial charge in [-0.15, -0.1) is 0 Å². The topological polar surface area (TPSA) is 84.9 Å². The predicted octanol–water partition coefficient (Wildman–Crippen LogP) is 5.72. The van der Waals surface area contributed by atoms with Crippen LogP contribution in [0, 0.1) is 3.57 Å². The molecule has 0 bridgehead atoms. The third-order valence-electron chi connectivity index (χ3n) is 6.05. The number of benzene rings is 2. The van der Waals surface area contributed by atoms with Gasteiger partial charge in [0.2, 0.25) is 0 Å². The molecule has 1 aliphatic heterocycles. The zero-order valence-corrected chi connectivity index (χ0v) is 22.2. The van der Waals surface area contributed by atoms with Crippen LogP contribution in [0.3, 0.4) is 0 Å². The number of amides is 4. The van der Waals surface area contributed by atoms with Gasteiger partial charge in [0.05, 0.1) is 10.2 Å². The van der Waals surface area contributed by atoms with Crippen LogP contribution >= 0.6 is 34.2 Å². The highest BCUT2D eigenvalue weighted by Gasteiger charge is 2.40. The predicted molar refractivity (Wildman–Crippen MR) is 141 cm³/mol. The number of ether oxygens (including phenoxy) is 2. The number of hydrogen-bond donors (Lipinski definition) is 1. The first-order valence-electron chi connectivity index (χ1n) is 11.6. The van der Waals surface area contributed by atoms with E-state index < -0.39 is 17.8 Å². The summed E-state index contributed by atoms with van der Waals surface area (Å²) < 4.78 is 12.6. The molecule has 9 heteroatoms. The minimum absolute atomic E-state index is 0.0712. The van der Waals surface area contributed by atoms with E-state index in [4.69, 9.17) is 21.1 Å². The number of hydrogen-bond acceptors (Lipinski definition) is 5. The van der Waals surface area contributed by atoms with Crippen molar-refractivity contribution in [2.75, 3.05) is 6.61 Å². The number of halogens is 2. The molecular formula is C26H26ClIN2O5. The van der Waals surface area contributed by atoms with E-state index in [9.17, 15) is 14.4 Å². The molecule has 0 spiro atoms. The molecule has 2 aromatic rings. The quantitative estimate of drug-likeness (QED) is 0.247. The number of carbonyl (C=O) groups excluding carboxylic acids is 3. The molecule has 35 heavy (non-hydrogen) atoms. The van der Waals surface area contributed by atoms with Crippen molar-refractivity contribution in [2.45, 2.75) is 51.7 Å². The van der Waals surface area contributed by atoms with E-state index in [0.29, 0.717) is 28.7 Å². The summed E-state index contributed by atoms with van der Waals surface area (Å²) >= 11 is 8.38. The van der Waals surface area contributed by atoms with Gasteiger partial charge in [0.25, 0.3) is 11.8 Å². The number of nitrogens with one attached hydrogen (secondary N) is 1. The summed E-state index contributed by atoms with van der Waals surface area (Å²) in [4.78, 5) is 39.5. The highest BCUT2D eigenvalue weighted by atomic mass is 127. The van der Waals surface area contributed by atoms with Crippen molar-refractivity contribution in [1.82, 2.24) is 10.2 Å². The molecule has 2 fully saturated rings. The number of urea groups is 1. The second-order valence-electron chi connectivity index (χ2n) is 8.43. The monoisotopic (exact) mass is 608 g/mol. The van der Waals surface area contributed by atoms with E-state index in [1.807, 2.05) is 25.1 Å². The van der Waals surface area contributed by atoms with E-state index >= 15 is 0 Å². The molecule has 184 valence electrons. The first-order valence-corrected chi connectivity index (χ1v) is 13.1. The summed E-state index contributed by atoms with van der Waals surface area (Å²) in [5, 5.41) is 2.94. The maximum absolute atomic E-state index is 13.2. The molecule has 2 aromatic carbocycles. The minimum atomic E-state index is -0.695. The summed E-state index contributed by atoms with van der Waals surface area (Å²) in [5.41, 5.74) is 1.37. The Morgan fingerprint density at radius 3 is 2.57 bits per heavy atom. The largest absolute Gasteiger partial charge is 0.490 e. The molecule has 0 unspecified atom stereocenters. The van der Waals surface area contributed by atoms with Gasteiger partial charge in [-0.25, -0.2) is 4.79 Å². The number of carbonyl (C=O) groups is 3. The van der Waals surface area contributed by atoms with Crippen LogP contribution in [0.1, 0.15) is 50.2 Å². The summed E-state index contributed by atoms with van der Waals surface area (Å²) in [5.74, 6) is -0.216. The van der Waals surface area contributed by atoms with Gasteiger partial charge in [0, 0.05) is 16.6 Å². The fourth-order valence-electron chi connectivity index (χ4n) is 4.35. The normalized spacial score (nSPS) is 18.1. The highest BCUT2D eigenvalue weighted by Crippen LogP contribution is 2.36. The molecule has 4 amide bonds. The molecular weight excluding hydrogens is 583 g/mol. The van der Waals surface area contributed by atoms with E-state index in [2.05, 4.69) is 27.9 Å². The van der Waals surface area contributed by atoms with Crippen LogP contribution in [0.4, 0.5) is 4.79 Å². The van der Waals surface area contributed by atoms with Gasteiger partial charge in [-0.3, -0.25) is 19.8 Å². The Balaban J connectivity index is 1.62. The van der Waals surface area contributed by atoms with Crippen LogP contribution in [0.25, 0.3) is 6.08 Å². The summed E-state index contributed by atoms with van der Waals surface area (Å²) in [7, 11) is 0. The van der Waals surface area contributed by atoms with Crippen molar-refractivity contribution in [3.05, 3.63) is 61.7 Å². The van der Waals surface area contributed by atoms with Crippen molar-refractivity contribution in [1.29, 1.82) is 0 Å². The fourth-order valence-corrected chi connectivity index (χ4v) is 5.32. The lowest BCUT2D eigenvalue weighted by Gasteiger charge is -2.35. The molecule has 1 saturated carbocycles. The smallest absolute Gasteiger partial charge is 0.331 e. The zero-order chi connectivity index (χ0) is 24.9. The summed E-state index contributed by atoms with van der Waals surface area (Å²) in [6, 6.07) is 10.1. The van der Waals surface area contributed by atoms with Crippen LogP contribution in [0.15, 0.2) is 42.0 Å². The van der Waals surface area contributed by atoms with Gasteiger partial charge in [0.1, 0.15) is 12.2 Å². The van der Waals surface area contributed by atoms with Gasteiger partial charge < -0.3 is 9.47 Å². The Hall–Kier alpha value is -2.59. The van der Waals surface area contributed by atoms with Crippen LogP contribution < -0.4 is 14.8 Å². The number of imide groups is 2. The number of nitrogens with zero attached hydrogens (tertiary/aromatic N) is 1. The van der Waals surface area contributed by atoms with E-state index in [1.54, 1.807) is 18.2 Å². The van der Waals surface area contributed by atoms with Crippen molar-refractivity contribution >= 4 is 58.1 Å². The molecule has 1 N–H and O–H groups in total. The molecule has 0 radical (unpaired) electrons. The van der Waals surface area contributed by atoms with Crippen LogP contribution in [-0.2, 0) is 16.2 Å². The van der Waals surface area contributed by atoms with Gasteiger partial charge in [0.15, 0.2) is 11.5 Å². The molecule has 0 atom stereocenters. The molecule has 0 aromatic heterocycles. The van der Waals surface area contributed by atoms with Crippen LogP contribution in [-0.4, -0.2) is 35.4 Å². The van der Waals surface area contributed by atoms with Gasteiger partial charge in [-0.05, 0) is 72.2 Å². The molecule has 7 nitrogen and oxygen atoms in total. The fraction of sp³-hybridized carbons (Fsp3) is 0.346. The van der Waals surface area contributed by atoms with E-state index in [1.165, 1.54) is 11.0 Å². The Labute approximate surface area is 222 Å². The Morgan fingerprint density at radius 1 is 1.11 bits per heavy atom. The second-order valence-corrected chi connectivity index (χ2v) is 10.00. The van der Waals surface area contributed by atoms with Crippen molar-refractivity contribution < 1.29 is 23.9 Å². The second kappa shape index (κ2) is 11.4. The lowest BCUT2D eigenvalue weighted by atomic mass is 9.93. The number of rotatable bonds is 7. The maximum Gasteiger partial charge on any atom is 0.331 e. The zero-order valence-electron chi connectivity index (χ0n) is 19.3. The molecule has 1 saturated heterocycles. The Bertz CT molecular complexity index is 1180. The molecule has 1 aliphatic carbocycles.